The van der Waals surface area contributed by atoms with Gasteiger partial charge in [-0.15, -0.1) is 16.9 Å². The third kappa shape index (κ3) is 4.68. The number of hydrogen-bond acceptors (Lipinski definition) is 5. The molecule has 0 fully saturated rings. The molecule has 0 saturated carbocycles. The van der Waals surface area contributed by atoms with Gasteiger partial charge in [-0.25, -0.2) is 4.68 Å². The van der Waals surface area contributed by atoms with Crippen molar-refractivity contribution < 1.29 is 4.74 Å². The molecule has 0 N–H and O–H groups in total. The summed E-state index contributed by atoms with van der Waals surface area (Å²) in [5.74, 6) is 2.45. The summed E-state index contributed by atoms with van der Waals surface area (Å²) in [6, 6.07) is 24.5. The number of tetrazole rings is 1. The SMILES string of the molecule is COc1ccc(Cn2nnnc2-c2c(Br)cccc2SCc2ccccc2)cc1. The van der Waals surface area contributed by atoms with Crippen LogP contribution in [0.15, 0.2) is 82.2 Å². The van der Waals surface area contributed by atoms with Gasteiger partial charge in [0.2, 0.25) is 0 Å². The summed E-state index contributed by atoms with van der Waals surface area (Å²) < 4.78 is 8.04. The standard InChI is InChI=1S/C22H19BrN4OS/c1-28-18-12-10-16(11-13-18)14-27-22(24-25-26-27)21-19(23)8-5-9-20(21)29-15-17-6-3-2-4-7-17/h2-13H,14-15H2,1H3. The second kappa shape index (κ2) is 9.24. The molecule has 146 valence electrons. The van der Waals surface area contributed by atoms with E-state index < -0.39 is 0 Å². The number of benzene rings is 3. The van der Waals surface area contributed by atoms with E-state index in [0.717, 1.165) is 37.8 Å². The summed E-state index contributed by atoms with van der Waals surface area (Å²) >= 11 is 5.47. The number of hydrogen-bond donors (Lipinski definition) is 0. The molecule has 29 heavy (non-hydrogen) atoms. The van der Waals surface area contributed by atoms with Crippen molar-refractivity contribution in [2.75, 3.05) is 7.11 Å². The Morgan fingerprint density at radius 1 is 0.931 bits per heavy atom. The van der Waals surface area contributed by atoms with Crippen molar-refractivity contribution in [1.82, 2.24) is 20.2 Å². The first-order chi connectivity index (χ1) is 14.2. The Labute approximate surface area is 182 Å². The summed E-state index contributed by atoms with van der Waals surface area (Å²) in [5, 5.41) is 12.5. The van der Waals surface area contributed by atoms with E-state index in [4.69, 9.17) is 4.74 Å². The maximum atomic E-state index is 5.24. The van der Waals surface area contributed by atoms with Crippen LogP contribution in [0.2, 0.25) is 0 Å². The molecule has 0 atom stereocenters. The number of methoxy groups -OCH3 is 1. The van der Waals surface area contributed by atoms with E-state index in [-0.39, 0.29) is 0 Å². The van der Waals surface area contributed by atoms with Gasteiger partial charge >= 0.3 is 0 Å². The van der Waals surface area contributed by atoms with Crippen molar-refractivity contribution in [3.8, 4) is 17.1 Å². The summed E-state index contributed by atoms with van der Waals surface area (Å²) in [6.45, 7) is 0.580. The molecule has 0 unspecified atom stereocenters. The van der Waals surface area contributed by atoms with Crippen molar-refractivity contribution in [3.05, 3.63) is 88.4 Å². The molecule has 4 aromatic rings. The molecule has 0 spiro atoms. The van der Waals surface area contributed by atoms with Crippen molar-refractivity contribution in [1.29, 1.82) is 0 Å². The van der Waals surface area contributed by atoms with Gasteiger partial charge in [-0.1, -0.05) is 48.5 Å². The molecule has 0 aliphatic rings. The van der Waals surface area contributed by atoms with Gasteiger partial charge in [0.15, 0.2) is 5.82 Å². The average Bonchev–Trinajstić information content (AvgIpc) is 3.21. The van der Waals surface area contributed by atoms with Crippen LogP contribution in [0.1, 0.15) is 11.1 Å². The Morgan fingerprint density at radius 2 is 1.72 bits per heavy atom. The van der Waals surface area contributed by atoms with Crippen molar-refractivity contribution in [2.45, 2.75) is 17.2 Å². The zero-order chi connectivity index (χ0) is 20.1. The highest BCUT2D eigenvalue weighted by Crippen LogP contribution is 2.37. The molecule has 0 radical (unpaired) electrons. The van der Waals surface area contributed by atoms with Gasteiger partial charge in [-0.05, 0) is 61.7 Å². The first kappa shape index (κ1) is 19.7. The van der Waals surface area contributed by atoms with Crippen LogP contribution in [0.3, 0.4) is 0 Å². The maximum absolute atomic E-state index is 5.24. The third-order valence-electron chi connectivity index (χ3n) is 4.46. The molecule has 3 aromatic carbocycles. The smallest absolute Gasteiger partial charge is 0.184 e. The molecule has 0 amide bonds. The van der Waals surface area contributed by atoms with Crippen LogP contribution in [0.25, 0.3) is 11.4 Å². The molecule has 0 bridgehead atoms. The molecule has 7 heteroatoms. The number of nitrogens with zero attached hydrogens (tertiary/aromatic N) is 4. The lowest BCUT2D eigenvalue weighted by molar-refractivity contribution is 0.414. The van der Waals surface area contributed by atoms with Gasteiger partial charge < -0.3 is 4.74 Å². The van der Waals surface area contributed by atoms with Gasteiger partial charge in [0.25, 0.3) is 0 Å². The molecule has 5 nitrogen and oxygen atoms in total. The second-order valence-electron chi connectivity index (χ2n) is 6.40. The quantitative estimate of drug-likeness (QED) is 0.338. The lowest BCUT2D eigenvalue weighted by Crippen LogP contribution is -2.05. The van der Waals surface area contributed by atoms with Crippen LogP contribution in [0.4, 0.5) is 0 Å². The van der Waals surface area contributed by atoms with Crippen LogP contribution in [0, 0.1) is 0 Å². The van der Waals surface area contributed by atoms with Crippen LogP contribution >= 0.6 is 27.7 Å². The number of ether oxygens (including phenoxy) is 1. The Bertz CT molecular complexity index is 1080. The molecule has 1 heterocycles. The van der Waals surface area contributed by atoms with Gasteiger partial charge in [0.1, 0.15) is 5.75 Å². The largest absolute Gasteiger partial charge is 0.497 e. The minimum Gasteiger partial charge on any atom is -0.497 e. The van der Waals surface area contributed by atoms with E-state index in [1.807, 2.05) is 47.1 Å². The Morgan fingerprint density at radius 3 is 2.48 bits per heavy atom. The first-order valence-corrected chi connectivity index (χ1v) is 10.9. The summed E-state index contributed by atoms with van der Waals surface area (Å²) in [6.07, 6.45) is 0. The highest BCUT2D eigenvalue weighted by molar-refractivity contribution is 9.10. The van der Waals surface area contributed by atoms with Gasteiger partial charge in [-0.2, -0.15) is 0 Å². The molecule has 1 aromatic heterocycles. The number of thioether (sulfide) groups is 1. The average molecular weight is 467 g/mol. The molecular formula is C22H19BrN4OS. The Balaban J connectivity index is 1.62. The highest BCUT2D eigenvalue weighted by Gasteiger charge is 2.17. The lowest BCUT2D eigenvalue weighted by Gasteiger charge is -2.12. The number of aromatic nitrogens is 4. The van der Waals surface area contributed by atoms with E-state index >= 15 is 0 Å². The molecule has 0 saturated heterocycles. The topological polar surface area (TPSA) is 52.8 Å². The molecule has 0 aliphatic carbocycles. The Kier molecular flexibility index (Phi) is 6.27. The monoisotopic (exact) mass is 466 g/mol. The van der Waals surface area contributed by atoms with E-state index in [1.54, 1.807) is 18.9 Å². The van der Waals surface area contributed by atoms with Gasteiger partial charge in [-0.3, -0.25) is 0 Å². The lowest BCUT2D eigenvalue weighted by atomic mass is 10.2. The minimum absolute atomic E-state index is 0.580. The van der Waals surface area contributed by atoms with Crippen LogP contribution in [-0.2, 0) is 12.3 Å². The van der Waals surface area contributed by atoms with Gasteiger partial charge in [0.05, 0.1) is 13.7 Å². The second-order valence-corrected chi connectivity index (χ2v) is 8.27. The van der Waals surface area contributed by atoms with E-state index in [2.05, 4.69) is 61.8 Å². The van der Waals surface area contributed by atoms with Crippen molar-refractivity contribution >= 4 is 27.7 Å². The van der Waals surface area contributed by atoms with Gasteiger partial charge in [0, 0.05) is 20.7 Å². The molecule has 4 rings (SSSR count). The fourth-order valence-corrected chi connectivity index (χ4v) is 4.68. The summed E-state index contributed by atoms with van der Waals surface area (Å²) in [5.41, 5.74) is 3.39. The minimum atomic E-state index is 0.580. The Hall–Kier alpha value is -2.64. The van der Waals surface area contributed by atoms with E-state index in [9.17, 15) is 0 Å². The molecular weight excluding hydrogens is 448 g/mol. The zero-order valence-corrected chi connectivity index (χ0v) is 18.2. The summed E-state index contributed by atoms with van der Waals surface area (Å²) in [7, 11) is 1.66. The van der Waals surface area contributed by atoms with E-state index in [0.29, 0.717) is 6.54 Å². The van der Waals surface area contributed by atoms with E-state index in [1.165, 1.54) is 5.56 Å². The first-order valence-electron chi connectivity index (χ1n) is 9.09. The highest BCUT2D eigenvalue weighted by atomic mass is 79.9. The normalized spacial score (nSPS) is 10.8. The van der Waals surface area contributed by atoms with Crippen molar-refractivity contribution in [3.63, 3.8) is 0 Å². The maximum Gasteiger partial charge on any atom is 0.184 e. The number of rotatable bonds is 7. The zero-order valence-electron chi connectivity index (χ0n) is 15.8. The van der Waals surface area contributed by atoms with Crippen molar-refractivity contribution in [2.24, 2.45) is 0 Å². The van der Waals surface area contributed by atoms with Crippen LogP contribution in [-0.4, -0.2) is 27.3 Å². The third-order valence-corrected chi connectivity index (χ3v) is 6.25. The predicted octanol–water partition coefficient (Wildman–Crippen LogP) is 5.45. The summed E-state index contributed by atoms with van der Waals surface area (Å²) in [4.78, 5) is 1.13. The predicted molar refractivity (Wildman–Crippen MR) is 119 cm³/mol. The van der Waals surface area contributed by atoms with Crippen LogP contribution < -0.4 is 4.74 Å². The number of halogens is 1. The molecule has 0 aliphatic heterocycles. The van der Waals surface area contributed by atoms with Crippen LogP contribution in [0.5, 0.6) is 5.75 Å². The fourth-order valence-electron chi connectivity index (χ4n) is 2.97. The fraction of sp³-hybridized carbons (Fsp3) is 0.136.